The van der Waals surface area contributed by atoms with Crippen LogP contribution in [0.3, 0.4) is 0 Å². The molecule has 0 bridgehead atoms. The molecule has 0 unspecified atom stereocenters. The molecule has 1 aliphatic rings. The van der Waals surface area contributed by atoms with E-state index in [1.807, 2.05) is 0 Å². The van der Waals surface area contributed by atoms with E-state index in [1.165, 1.54) is 12.1 Å². The van der Waals surface area contributed by atoms with Gasteiger partial charge in [-0.1, -0.05) is 0 Å². The highest BCUT2D eigenvalue weighted by Gasteiger charge is 2.16. The molecule has 1 aromatic heterocycles. The maximum absolute atomic E-state index is 13.1. The second-order valence-corrected chi connectivity index (χ2v) is 4.04. The number of halogens is 1. The highest BCUT2D eigenvalue weighted by molar-refractivity contribution is 5.92. The lowest BCUT2D eigenvalue weighted by molar-refractivity contribution is 0.627. The zero-order valence-electron chi connectivity index (χ0n) is 8.76. The molecular weight excluding hydrogens is 205 g/mol. The number of nitrogen functional groups attached to an aromatic ring is 1. The smallest absolute Gasteiger partial charge is 0.124 e. The topological polar surface area (TPSA) is 50.9 Å². The minimum absolute atomic E-state index is 0.273. The van der Waals surface area contributed by atoms with Crippen molar-refractivity contribution in [3.05, 3.63) is 35.3 Å². The van der Waals surface area contributed by atoms with Crippen molar-refractivity contribution in [3.63, 3.8) is 0 Å². The Bertz CT molecular complexity index is 566. The molecule has 0 aliphatic carbocycles. The minimum Gasteiger partial charge on any atom is -0.398 e. The molecule has 0 spiro atoms. The van der Waals surface area contributed by atoms with Crippen molar-refractivity contribution in [3.8, 4) is 0 Å². The van der Waals surface area contributed by atoms with Crippen molar-refractivity contribution in [2.45, 2.75) is 13.0 Å². The monoisotopic (exact) mass is 217 g/mol. The van der Waals surface area contributed by atoms with E-state index in [0.717, 1.165) is 36.3 Å². The third kappa shape index (κ3) is 1.34. The van der Waals surface area contributed by atoms with Gasteiger partial charge in [-0.25, -0.2) is 4.39 Å². The van der Waals surface area contributed by atoms with Crippen LogP contribution < -0.4 is 11.1 Å². The molecular formula is C12H12FN3. The number of pyridine rings is 1. The van der Waals surface area contributed by atoms with E-state index in [-0.39, 0.29) is 5.82 Å². The second-order valence-electron chi connectivity index (χ2n) is 4.04. The van der Waals surface area contributed by atoms with Crippen LogP contribution in [0.15, 0.2) is 18.2 Å². The number of nitrogens with zero attached hydrogens (tertiary/aromatic N) is 1. The molecule has 1 aromatic carbocycles. The fourth-order valence-corrected chi connectivity index (χ4v) is 2.18. The largest absolute Gasteiger partial charge is 0.398 e. The van der Waals surface area contributed by atoms with Crippen molar-refractivity contribution in [2.75, 3.05) is 12.3 Å². The lowest BCUT2D eigenvalue weighted by Gasteiger charge is -2.19. The van der Waals surface area contributed by atoms with E-state index in [0.29, 0.717) is 11.1 Å². The molecule has 1 aliphatic heterocycles. The lowest BCUT2D eigenvalue weighted by atomic mass is 10.0. The van der Waals surface area contributed by atoms with Crippen LogP contribution >= 0.6 is 0 Å². The van der Waals surface area contributed by atoms with E-state index < -0.39 is 0 Å². The zero-order chi connectivity index (χ0) is 11.1. The molecule has 2 heterocycles. The van der Waals surface area contributed by atoms with Crippen LogP contribution in [0.4, 0.5) is 10.1 Å². The summed E-state index contributed by atoms with van der Waals surface area (Å²) in [7, 11) is 0. The fraction of sp³-hybridized carbons (Fsp3) is 0.250. The summed E-state index contributed by atoms with van der Waals surface area (Å²) in [6, 6.07) is 4.55. The number of benzene rings is 1. The maximum Gasteiger partial charge on any atom is 0.124 e. The third-order valence-corrected chi connectivity index (χ3v) is 3.02. The molecule has 3 N–H and O–H groups in total. The molecule has 0 amide bonds. The first-order valence-corrected chi connectivity index (χ1v) is 5.33. The SMILES string of the molecule is Nc1c2c(nc3ccc(F)cc13)CCNC2. The van der Waals surface area contributed by atoms with E-state index in [2.05, 4.69) is 10.3 Å². The summed E-state index contributed by atoms with van der Waals surface area (Å²) in [5, 5.41) is 3.96. The van der Waals surface area contributed by atoms with Gasteiger partial charge in [0.25, 0.3) is 0 Å². The Morgan fingerprint density at radius 3 is 3.12 bits per heavy atom. The van der Waals surface area contributed by atoms with E-state index in [9.17, 15) is 4.39 Å². The van der Waals surface area contributed by atoms with Gasteiger partial charge in [-0.15, -0.1) is 0 Å². The second kappa shape index (κ2) is 3.42. The van der Waals surface area contributed by atoms with Crippen molar-refractivity contribution < 1.29 is 4.39 Å². The van der Waals surface area contributed by atoms with Gasteiger partial charge in [0, 0.05) is 41.8 Å². The summed E-state index contributed by atoms with van der Waals surface area (Å²) in [6.07, 6.45) is 0.882. The van der Waals surface area contributed by atoms with Crippen molar-refractivity contribution in [1.82, 2.24) is 10.3 Å². The number of rotatable bonds is 0. The molecule has 0 fully saturated rings. The van der Waals surface area contributed by atoms with Crippen molar-refractivity contribution >= 4 is 16.6 Å². The van der Waals surface area contributed by atoms with Crippen LogP contribution in [-0.4, -0.2) is 11.5 Å². The average molecular weight is 217 g/mol. The molecule has 0 atom stereocenters. The first-order chi connectivity index (χ1) is 7.75. The first-order valence-electron chi connectivity index (χ1n) is 5.33. The molecule has 3 nitrogen and oxygen atoms in total. The number of hydrogen-bond acceptors (Lipinski definition) is 3. The molecule has 3 rings (SSSR count). The van der Waals surface area contributed by atoms with Gasteiger partial charge < -0.3 is 11.1 Å². The van der Waals surface area contributed by atoms with Crippen LogP contribution in [0.2, 0.25) is 0 Å². The predicted molar refractivity (Wildman–Crippen MR) is 61.5 cm³/mol. The number of aromatic nitrogens is 1. The lowest BCUT2D eigenvalue weighted by Crippen LogP contribution is -2.25. The fourth-order valence-electron chi connectivity index (χ4n) is 2.18. The van der Waals surface area contributed by atoms with Gasteiger partial charge in [0.15, 0.2) is 0 Å². The summed E-state index contributed by atoms with van der Waals surface area (Å²) in [4.78, 5) is 4.53. The Morgan fingerprint density at radius 2 is 2.25 bits per heavy atom. The van der Waals surface area contributed by atoms with Crippen LogP contribution in [-0.2, 0) is 13.0 Å². The van der Waals surface area contributed by atoms with E-state index in [1.54, 1.807) is 6.07 Å². The van der Waals surface area contributed by atoms with E-state index >= 15 is 0 Å². The molecule has 16 heavy (non-hydrogen) atoms. The van der Waals surface area contributed by atoms with Crippen molar-refractivity contribution in [1.29, 1.82) is 0 Å². The molecule has 0 saturated heterocycles. The van der Waals surface area contributed by atoms with Crippen LogP contribution in [0.5, 0.6) is 0 Å². The number of hydrogen-bond donors (Lipinski definition) is 2. The zero-order valence-corrected chi connectivity index (χ0v) is 8.76. The summed E-state index contributed by atoms with van der Waals surface area (Å²) in [5.41, 5.74) is 9.55. The van der Waals surface area contributed by atoms with E-state index in [4.69, 9.17) is 5.73 Å². The number of anilines is 1. The normalized spacial score (nSPS) is 15.1. The van der Waals surface area contributed by atoms with Gasteiger partial charge in [-0.05, 0) is 18.2 Å². The Kier molecular flexibility index (Phi) is 2.04. The Hall–Kier alpha value is -1.68. The standard InChI is InChI=1S/C12H12FN3/c13-7-1-2-10-8(5-7)12(14)9-6-15-4-3-11(9)16-10/h1-2,5,15H,3-4,6H2,(H2,14,16). The highest BCUT2D eigenvalue weighted by atomic mass is 19.1. The van der Waals surface area contributed by atoms with Gasteiger partial charge >= 0.3 is 0 Å². The van der Waals surface area contributed by atoms with Gasteiger partial charge in [0.05, 0.1) is 5.52 Å². The highest BCUT2D eigenvalue weighted by Crippen LogP contribution is 2.28. The van der Waals surface area contributed by atoms with Gasteiger partial charge in [-0.3, -0.25) is 4.98 Å². The number of nitrogens with two attached hydrogens (primary N) is 1. The summed E-state index contributed by atoms with van der Waals surface area (Å²) in [5.74, 6) is -0.273. The predicted octanol–water partition coefficient (Wildman–Crippen LogP) is 1.60. The quantitative estimate of drug-likeness (QED) is 0.704. The average Bonchev–Trinajstić information content (AvgIpc) is 2.31. The van der Waals surface area contributed by atoms with Gasteiger partial charge in [0.2, 0.25) is 0 Å². The summed E-state index contributed by atoms with van der Waals surface area (Å²) >= 11 is 0. The molecule has 0 saturated carbocycles. The molecule has 82 valence electrons. The first kappa shape index (κ1) is 9.54. The van der Waals surface area contributed by atoms with Gasteiger partial charge in [0.1, 0.15) is 5.82 Å². The molecule has 4 heteroatoms. The number of fused-ring (bicyclic) bond motifs is 2. The Morgan fingerprint density at radius 1 is 1.38 bits per heavy atom. The minimum atomic E-state index is -0.273. The molecule has 2 aromatic rings. The van der Waals surface area contributed by atoms with Crippen LogP contribution in [0.1, 0.15) is 11.3 Å². The van der Waals surface area contributed by atoms with Crippen LogP contribution in [0.25, 0.3) is 10.9 Å². The summed E-state index contributed by atoms with van der Waals surface area (Å²) < 4.78 is 13.1. The summed E-state index contributed by atoms with van der Waals surface area (Å²) in [6.45, 7) is 1.65. The number of nitrogens with one attached hydrogen (secondary N) is 1. The van der Waals surface area contributed by atoms with Crippen LogP contribution in [0, 0.1) is 5.82 Å². The Balaban J connectivity index is 2.35. The maximum atomic E-state index is 13.1. The van der Waals surface area contributed by atoms with Crippen molar-refractivity contribution in [2.24, 2.45) is 0 Å². The third-order valence-electron chi connectivity index (χ3n) is 3.02. The molecule has 0 radical (unpaired) electrons. The van der Waals surface area contributed by atoms with Gasteiger partial charge in [-0.2, -0.15) is 0 Å². The Labute approximate surface area is 92.5 Å².